The van der Waals surface area contributed by atoms with Crippen molar-refractivity contribution in [3.05, 3.63) is 12.2 Å². The van der Waals surface area contributed by atoms with Crippen LogP contribution in [-0.2, 0) is 14.3 Å². The fourth-order valence-electron chi connectivity index (χ4n) is 2.83. The van der Waals surface area contributed by atoms with Gasteiger partial charge >= 0.3 is 5.97 Å². The minimum atomic E-state index is -0.407. The van der Waals surface area contributed by atoms with E-state index in [1.807, 2.05) is 0 Å². The number of carbonyl (C=O) groups is 2. The second-order valence-corrected chi connectivity index (χ2v) is 6.37. The van der Waals surface area contributed by atoms with Crippen LogP contribution in [0.4, 0.5) is 0 Å². The predicted molar refractivity (Wildman–Crippen MR) is 93.1 cm³/mol. The molecule has 0 spiro atoms. The highest BCUT2D eigenvalue weighted by Gasteiger charge is 2.28. The molecule has 1 amide bonds. The highest BCUT2D eigenvalue weighted by Crippen LogP contribution is 2.12. The van der Waals surface area contributed by atoms with E-state index >= 15 is 0 Å². The van der Waals surface area contributed by atoms with Gasteiger partial charge in [0.15, 0.2) is 0 Å². The third-order valence-corrected chi connectivity index (χ3v) is 4.27. The third kappa shape index (κ3) is 10.1. The number of ether oxygens (including phenoxy) is 1. The van der Waals surface area contributed by atoms with Crippen LogP contribution < -0.4 is 5.32 Å². The molecule has 0 unspecified atom stereocenters. The summed E-state index contributed by atoms with van der Waals surface area (Å²) in [5.41, 5.74) is 0. The summed E-state index contributed by atoms with van der Waals surface area (Å²) < 4.78 is 5.21. The Labute approximate surface area is 141 Å². The van der Waals surface area contributed by atoms with E-state index in [0.29, 0.717) is 19.4 Å². The molecule has 1 fully saturated rings. The number of carbonyl (C=O) groups excluding carboxylic acids is 2. The van der Waals surface area contributed by atoms with Crippen LogP contribution in [0.2, 0.25) is 0 Å². The summed E-state index contributed by atoms with van der Waals surface area (Å²) in [5.74, 6) is -0.317. The first-order chi connectivity index (χ1) is 11.2. The number of amides is 1. The highest BCUT2D eigenvalue weighted by atomic mass is 16.5. The molecule has 0 aromatic heterocycles. The van der Waals surface area contributed by atoms with Crippen molar-refractivity contribution in [1.82, 2.24) is 5.32 Å². The predicted octanol–water partition coefficient (Wildman–Crippen LogP) is 4.29. The average Bonchev–Trinajstić information content (AvgIpc) is 2.98. The van der Waals surface area contributed by atoms with Gasteiger partial charge in [0.2, 0.25) is 5.91 Å². The molecule has 23 heavy (non-hydrogen) atoms. The molecule has 4 nitrogen and oxygen atoms in total. The highest BCUT2D eigenvalue weighted by molar-refractivity contribution is 5.87. The normalized spacial score (nSPS) is 17.6. The molecule has 1 aliphatic rings. The van der Waals surface area contributed by atoms with Gasteiger partial charge in [0.1, 0.15) is 6.04 Å². The first kappa shape index (κ1) is 19.7. The molecule has 1 rings (SSSR count). The van der Waals surface area contributed by atoms with Gasteiger partial charge in [-0.3, -0.25) is 4.79 Å². The smallest absolute Gasteiger partial charge is 0.328 e. The summed E-state index contributed by atoms with van der Waals surface area (Å²) in [6.07, 6.45) is 17.8. The van der Waals surface area contributed by atoms with E-state index in [2.05, 4.69) is 24.4 Å². The molecule has 0 aromatic rings. The molecule has 0 bridgehead atoms. The van der Waals surface area contributed by atoms with Gasteiger partial charge in [-0.1, -0.05) is 57.1 Å². The molecule has 132 valence electrons. The summed E-state index contributed by atoms with van der Waals surface area (Å²) >= 11 is 0. The van der Waals surface area contributed by atoms with Crippen molar-refractivity contribution in [2.24, 2.45) is 0 Å². The first-order valence-electron chi connectivity index (χ1n) is 9.31. The Morgan fingerprint density at radius 2 is 1.70 bits per heavy atom. The van der Waals surface area contributed by atoms with Crippen molar-refractivity contribution < 1.29 is 14.3 Å². The van der Waals surface area contributed by atoms with Gasteiger partial charge in [-0.2, -0.15) is 0 Å². The second-order valence-electron chi connectivity index (χ2n) is 6.37. The van der Waals surface area contributed by atoms with E-state index in [1.54, 1.807) is 0 Å². The van der Waals surface area contributed by atoms with Crippen LogP contribution >= 0.6 is 0 Å². The Balaban J connectivity index is 1.79. The Kier molecular flexibility index (Phi) is 11.3. The van der Waals surface area contributed by atoms with Crippen LogP contribution in [0.1, 0.15) is 84.0 Å². The lowest BCUT2D eigenvalue weighted by Crippen LogP contribution is -2.34. The van der Waals surface area contributed by atoms with Gasteiger partial charge in [0, 0.05) is 6.42 Å². The standard InChI is InChI=1S/C19H33NO3/c1-2-3-4-5-6-7-8-9-10-11-12-13-16-23-19(22)17-14-15-18(21)20-17/h2-3,17H,4-16H2,1H3,(H,20,21)/b3-2+/t17-/m0/s1. The van der Waals surface area contributed by atoms with E-state index in [4.69, 9.17) is 4.74 Å². The Morgan fingerprint density at radius 3 is 2.26 bits per heavy atom. The summed E-state index contributed by atoms with van der Waals surface area (Å²) in [6.45, 7) is 2.56. The maximum absolute atomic E-state index is 11.7. The van der Waals surface area contributed by atoms with E-state index in [1.165, 1.54) is 51.4 Å². The Morgan fingerprint density at radius 1 is 1.09 bits per heavy atom. The molecule has 0 radical (unpaired) electrons. The van der Waals surface area contributed by atoms with Crippen molar-refractivity contribution in [3.8, 4) is 0 Å². The number of esters is 1. The van der Waals surface area contributed by atoms with Crippen molar-refractivity contribution >= 4 is 11.9 Å². The van der Waals surface area contributed by atoms with E-state index in [0.717, 1.165) is 12.8 Å². The number of rotatable bonds is 13. The Hall–Kier alpha value is -1.32. The number of hydrogen-bond acceptors (Lipinski definition) is 3. The van der Waals surface area contributed by atoms with Crippen molar-refractivity contribution in [1.29, 1.82) is 0 Å². The molecule has 1 saturated heterocycles. The fourth-order valence-corrected chi connectivity index (χ4v) is 2.83. The molecule has 4 heteroatoms. The lowest BCUT2D eigenvalue weighted by Gasteiger charge is -2.09. The van der Waals surface area contributed by atoms with Gasteiger partial charge in [-0.15, -0.1) is 0 Å². The fraction of sp³-hybridized carbons (Fsp3) is 0.789. The SMILES string of the molecule is C/C=C/CCCCCCCCCCCOC(=O)[C@@H]1CCC(=O)N1. The summed E-state index contributed by atoms with van der Waals surface area (Å²) in [5, 5.41) is 2.63. The lowest BCUT2D eigenvalue weighted by atomic mass is 10.1. The summed E-state index contributed by atoms with van der Waals surface area (Å²) in [7, 11) is 0. The topological polar surface area (TPSA) is 55.4 Å². The van der Waals surface area contributed by atoms with Gasteiger partial charge < -0.3 is 10.1 Å². The quantitative estimate of drug-likeness (QED) is 0.312. The van der Waals surface area contributed by atoms with Gasteiger partial charge in [-0.25, -0.2) is 4.79 Å². The van der Waals surface area contributed by atoms with Gasteiger partial charge in [0.25, 0.3) is 0 Å². The monoisotopic (exact) mass is 323 g/mol. The van der Waals surface area contributed by atoms with Crippen LogP contribution in [0.5, 0.6) is 0 Å². The largest absolute Gasteiger partial charge is 0.464 e. The minimum Gasteiger partial charge on any atom is -0.464 e. The zero-order valence-electron chi connectivity index (χ0n) is 14.6. The summed E-state index contributed by atoms with van der Waals surface area (Å²) in [6, 6.07) is -0.407. The lowest BCUT2D eigenvalue weighted by molar-refractivity contribution is -0.146. The molecule has 1 atom stereocenters. The van der Waals surface area contributed by atoms with Crippen molar-refractivity contribution in [2.75, 3.05) is 6.61 Å². The number of unbranched alkanes of at least 4 members (excludes halogenated alkanes) is 9. The Bertz CT molecular complexity index is 366. The van der Waals surface area contributed by atoms with Crippen LogP contribution in [-0.4, -0.2) is 24.5 Å². The minimum absolute atomic E-state index is 0.0474. The van der Waals surface area contributed by atoms with E-state index in [9.17, 15) is 9.59 Å². The van der Waals surface area contributed by atoms with Gasteiger partial charge in [0.05, 0.1) is 6.61 Å². The van der Waals surface area contributed by atoms with E-state index in [-0.39, 0.29) is 11.9 Å². The molecule has 0 aromatic carbocycles. The average molecular weight is 323 g/mol. The first-order valence-corrected chi connectivity index (χ1v) is 9.31. The van der Waals surface area contributed by atoms with Crippen LogP contribution in [0.3, 0.4) is 0 Å². The maximum Gasteiger partial charge on any atom is 0.328 e. The van der Waals surface area contributed by atoms with Crippen LogP contribution in [0.25, 0.3) is 0 Å². The van der Waals surface area contributed by atoms with Crippen molar-refractivity contribution in [2.45, 2.75) is 90.0 Å². The maximum atomic E-state index is 11.7. The van der Waals surface area contributed by atoms with E-state index < -0.39 is 6.04 Å². The van der Waals surface area contributed by atoms with Crippen LogP contribution in [0, 0.1) is 0 Å². The number of allylic oxidation sites excluding steroid dienone is 2. The zero-order chi connectivity index (χ0) is 16.8. The number of nitrogens with one attached hydrogen (secondary N) is 1. The van der Waals surface area contributed by atoms with Gasteiger partial charge in [-0.05, 0) is 32.6 Å². The number of hydrogen-bond donors (Lipinski definition) is 1. The second kappa shape index (κ2) is 13.1. The molecule has 1 aliphatic heterocycles. The molecular formula is C19H33NO3. The molecule has 0 saturated carbocycles. The molecule has 0 aliphatic carbocycles. The third-order valence-electron chi connectivity index (χ3n) is 4.27. The van der Waals surface area contributed by atoms with Crippen molar-refractivity contribution in [3.63, 3.8) is 0 Å². The molecule has 1 heterocycles. The zero-order valence-corrected chi connectivity index (χ0v) is 14.6. The van der Waals surface area contributed by atoms with Crippen LogP contribution in [0.15, 0.2) is 12.2 Å². The molecular weight excluding hydrogens is 290 g/mol. The molecule has 1 N–H and O–H groups in total. The summed E-state index contributed by atoms with van der Waals surface area (Å²) in [4.78, 5) is 22.7.